The predicted molar refractivity (Wildman–Crippen MR) is 80.4 cm³/mol. The molecule has 0 radical (unpaired) electrons. The fraction of sp³-hybridized carbons (Fsp3) is 0.400. The number of aromatic nitrogens is 2. The summed E-state index contributed by atoms with van der Waals surface area (Å²) in [6.07, 6.45) is 1.89. The first kappa shape index (κ1) is 15.0. The Kier molecular flexibility index (Phi) is 4.70. The average molecular weight is 322 g/mol. The summed E-state index contributed by atoms with van der Waals surface area (Å²) in [4.78, 5) is 16.1. The van der Waals surface area contributed by atoms with Crippen LogP contribution in [0.15, 0.2) is 28.8 Å². The molecule has 1 aromatic heterocycles. The quantitative estimate of drug-likeness (QED) is 0.913. The summed E-state index contributed by atoms with van der Waals surface area (Å²) in [5.41, 5.74) is 0.836. The van der Waals surface area contributed by atoms with Gasteiger partial charge in [0.2, 0.25) is 17.6 Å². The molecule has 0 bridgehead atoms. The Hall–Kier alpha value is -1.92. The zero-order chi connectivity index (χ0) is 15.4. The van der Waals surface area contributed by atoms with Gasteiger partial charge in [-0.15, -0.1) is 0 Å². The van der Waals surface area contributed by atoms with Gasteiger partial charge in [-0.1, -0.05) is 16.8 Å². The van der Waals surface area contributed by atoms with E-state index in [1.165, 1.54) is 0 Å². The van der Waals surface area contributed by atoms with Gasteiger partial charge >= 0.3 is 0 Å². The van der Waals surface area contributed by atoms with E-state index in [9.17, 15) is 4.79 Å². The minimum atomic E-state index is -0.313. The van der Waals surface area contributed by atoms with Crippen LogP contribution in [0.3, 0.4) is 0 Å². The lowest BCUT2D eigenvalue weighted by molar-refractivity contribution is -0.130. The smallest absolute Gasteiger partial charge is 0.249 e. The van der Waals surface area contributed by atoms with Gasteiger partial charge in [-0.2, -0.15) is 4.98 Å². The minimum absolute atomic E-state index is 0.0741. The van der Waals surface area contributed by atoms with Gasteiger partial charge in [-0.25, -0.2) is 0 Å². The monoisotopic (exact) mass is 321 g/mol. The van der Waals surface area contributed by atoms with Crippen molar-refractivity contribution in [3.63, 3.8) is 0 Å². The second kappa shape index (κ2) is 6.89. The first-order valence-electron chi connectivity index (χ1n) is 7.20. The van der Waals surface area contributed by atoms with Crippen molar-refractivity contribution in [1.82, 2.24) is 15.5 Å². The van der Waals surface area contributed by atoms with Crippen molar-refractivity contribution >= 4 is 17.5 Å². The summed E-state index contributed by atoms with van der Waals surface area (Å²) in [5.74, 6) is 0.921. The van der Waals surface area contributed by atoms with E-state index in [-0.39, 0.29) is 12.0 Å². The zero-order valence-corrected chi connectivity index (χ0v) is 12.7. The number of ether oxygens (including phenoxy) is 1. The highest BCUT2D eigenvalue weighted by Gasteiger charge is 2.23. The van der Waals surface area contributed by atoms with E-state index >= 15 is 0 Å². The van der Waals surface area contributed by atoms with Crippen LogP contribution < -0.4 is 5.32 Å². The molecule has 1 saturated heterocycles. The molecule has 1 fully saturated rings. The van der Waals surface area contributed by atoms with Gasteiger partial charge in [-0.05, 0) is 37.1 Å². The molecule has 1 amide bonds. The van der Waals surface area contributed by atoms with Crippen LogP contribution in [-0.2, 0) is 16.0 Å². The normalized spacial score (nSPS) is 17.6. The first-order valence-corrected chi connectivity index (χ1v) is 7.58. The molecule has 1 aliphatic rings. The van der Waals surface area contributed by atoms with E-state index in [2.05, 4.69) is 15.5 Å². The third-order valence-electron chi connectivity index (χ3n) is 3.43. The lowest BCUT2D eigenvalue weighted by atomic mass is 10.2. The third kappa shape index (κ3) is 3.64. The number of hydrogen-bond donors (Lipinski definition) is 1. The lowest BCUT2D eigenvalue weighted by Gasteiger charge is -2.08. The number of carbonyl (C=O) groups is 1. The summed E-state index contributed by atoms with van der Waals surface area (Å²) in [6, 6.07) is 7.20. The summed E-state index contributed by atoms with van der Waals surface area (Å²) >= 11 is 5.84. The molecule has 116 valence electrons. The molecule has 0 spiro atoms. The van der Waals surface area contributed by atoms with Gasteiger partial charge in [0.05, 0.1) is 0 Å². The van der Waals surface area contributed by atoms with Gasteiger partial charge in [-0.3, -0.25) is 4.79 Å². The van der Waals surface area contributed by atoms with Crippen molar-refractivity contribution in [3.8, 4) is 11.4 Å². The highest BCUT2D eigenvalue weighted by atomic mass is 35.5. The number of hydrogen-bond acceptors (Lipinski definition) is 5. The molecule has 0 saturated carbocycles. The first-order chi connectivity index (χ1) is 10.7. The molecule has 3 rings (SSSR count). The predicted octanol–water partition coefficient (Wildman–Crippen LogP) is 2.23. The molecule has 1 N–H and O–H groups in total. The fourth-order valence-corrected chi connectivity index (χ4v) is 2.39. The molecule has 22 heavy (non-hydrogen) atoms. The molecule has 0 aliphatic carbocycles. The van der Waals surface area contributed by atoms with Crippen molar-refractivity contribution in [2.45, 2.75) is 25.4 Å². The van der Waals surface area contributed by atoms with Crippen LogP contribution in [0, 0.1) is 0 Å². The summed E-state index contributed by atoms with van der Waals surface area (Å²) in [6.45, 7) is 1.10. The Morgan fingerprint density at radius 2 is 2.18 bits per heavy atom. The zero-order valence-electron chi connectivity index (χ0n) is 11.9. The number of amides is 1. The number of carbonyl (C=O) groups excluding carboxylic acids is 1. The molecular formula is C15H16ClN3O3. The largest absolute Gasteiger partial charge is 0.368 e. The number of rotatable bonds is 5. The van der Waals surface area contributed by atoms with Gasteiger partial charge < -0.3 is 14.6 Å². The van der Waals surface area contributed by atoms with Crippen molar-refractivity contribution in [3.05, 3.63) is 35.2 Å². The van der Waals surface area contributed by atoms with Gasteiger partial charge in [0.25, 0.3) is 0 Å². The highest BCUT2D eigenvalue weighted by molar-refractivity contribution is 6.30. The molecule has 1 aliphatic heterocycles. The molecule has 1 atom stereocenters. The average Bonchev–Trinajstić information content (AvgIpc) is 3.19. The molecular weight excluding hydrogens is 306 g/mol. The minimum Gasteiger partial charge on any atom is -0.368 e. The standard InChI is InChI=1S/C15H16ClN3O3/c16-11-5-3-10(4-6-11)14-18-13(22-19-14)7-8-17-15(20)12-2-1-9-21-12/h3-6,12H,1-2,7-9H2,(H,17,20). The van der Waals surface area contributed by atoms with Gasteiger partial charge in [0.1, 0.15) is 6.10 Å². The maximum atomic E-state index is 11.8. The van der Waals surface area contributed by atoms with Gasteiger partial charge in [0.15, 0.2) is 0 Å². The van der Waals surface area contributed by atoms with Crippen LogP contribution in [-0.4, -0.2) is 35.3 Å². The van der Waals surface area contributed by atoms with Crippen molar-refractivity contribution in [1.29, 1.82) is 0 Å². The van der Waals surface area contributed by atoms with Crippen molar-refractivity contribution < 1.29 is 14.1 Å². The van der Waals surface area contributed by atoms with Gasteiger partial charge in [0, 0.05) is 30.2 Å². The van der Waals surface area contributed by atoms with E-state index in [4.69, 9.17) is 20.9 Å². The SMILES string of the molecule is O=C(NCCc1nc(-c2ccc(Cl)cc2)no1)C1CCCO1. The topological polar surface area (TPSA) is 77.3 Å². The Morgan fingerprint density at radius 3 is 2.91 bits per heavy atom. The Labute approximate surface area is 132 Å². The van der Waals surface area contributed by atoms with Crippen LogP contribution in [0.5, 0.6) is 0 Å². The third-order valence-corrected chi connectivity index (χ3v) is 3.68. The summed E-state index contributed by atoms with van der Waals surface area (Å²) in [5, 5.41) is 7.40. The molecule has 7 heteroatoms. The molecule has 2 heterocycles. The summed E-state index contributed by atoms with van der Waals surface area (Å²) in [7, 11) is 0. The van der Waals surface area contributed by atoms with Crippen LogP contribution in [0.2, 0.25) is 5.02 Å². The van der Waals surface area contributed by atoms with Crippen LogP contribution in [0.25, 0.3) is 11.4 Å². The number of nitrogens with one attached hydrogen (secondary N) is 1. The summed E-state index contributed by atoms with van der Waals surface area (Å²) < 4.78 is 10.5. The highest BCUT2D eigenvalue weighted by Crippen LogP contribution is 2.18. The fourth-order valence-electron chi connectivity index (χ4n) is 2.26. The Balaban J connectivity index is 1.51. The maximum Gasteiger partial charge on any atom is 0.249 e. The molecule has 6 nitrogen and oxygen atoms in total. The van der Waals surface area contributed by atoms with Crippen molar-refractivity contribution in [2.75, 3.05) is 13.2 Å². The van der Waals surface area contributed by atoms with Crippen molar-refractivity contribution in [2.24, 2.45) is 0 Å². The number of benzene rings is 1. The maximum absolute atomic E-state index is 11.8. The van der Waals surface area contributed by atoms with E-state index in [1.54, 1.807) is 12.1 Å². The molecule has 1 aromatic carbocycles. The molecule has 2 aromatic rings. The Bertz CT molecular complexity index is 636. The van der Waals surface area contributed by atoms with Crippen LogP contribution in [0.4, 0.5) is 0 Å². The second-order valence-electron chi connectivity index (χ2n) is 5.06. The van der Waals surface area contributed by atoms with E-state index in [1.807, 2.05) is 12.1 Å². The van der Waals surface area contributed by atoms with Crippen LogP contribution >= 0.6 is 11.6 Å². The van der Waals surface area contributed by atoms with E-state index in [0.717, 1.165) is 18.4 Å². The number of halogens is 1. The second-order valence-corrected chi connectivity index (χ2v) is 5.50. The lowest BCUT2D eigenvalue weighted by Crippen LogP contribution is -2.35. The van der Waals surface area contributed by atoms with E-state index in [0.29, 0.717) is 36.3 Å². The number of nitrogens with zero attached hydrogens (tertiary/aromatic N) is 2. The Morgan fingerprint density at radius 1 is 1.36 bits per heavy atom. The van der Waals surface area contributed by atoms with E-state index < -0.39 is 0 Å². The molecule has 1 unspecified atom stereocenters. The van der Waals surface area contributed by atoms with Crippen LogP contribution in [0.1, 0.15) is 18.7 Å².